The monoisotopic (exact) mass is 513 g/mol. The Balaban J connectivity index is 1.78. The summed E-state index contributed by atoms with van der Waals surface area (Å²) in [5.41, 5.74) is 1.51. The summed E-state index contributed by atoms with van der Waals surface area (Å²) >= 11 is 0. The number of rotatable bonds is 4. The summed E-state index contributed by atoms with van der Waals surface area (Å²) in [5, 5.41) is 0. The van der Waals surface area contributed by atoms with Gasteiger partial charge in [-0.15, -0.1) is 0 Å². The van der Waals surface area contributed by atoms with Gasteiger partial charge in [0.05, 0.1) is 17.0 Å². The third-order valence-electron chi connectivity index (χ3n) is 7.56. The Morgan fingerprint density at radius 2 is 1.54 bits per heavy atom. The molecule has 0 spiro atoms. The zero-order valence-electron chi connectivity index (χ0n) is 20.8. The van der Waals surface area contributed by atoms with Gasteiger partial charge in [-0.25, -0.2) is 8.78 Å². The number of hydrogen-bond donors (Lipinski definition) is 0. The summed E-state index contributed by atoms with van der Waals surface area (Å²) in [5.74, 6) is -0.638. The maximum Gasteiger partial charge on any atom is 0.416 e. The second-order valence-electron chi connectivity index (χ2n) is 11.0. The quantitative estimate of drug-likeness (QED) is 0.326. The lowest BCUT2D eigenvalue weighted by molar-refractivity contribution is -0.137. The Kier molecular flexibility index (Phi) is 6.45. The van der Waals surface area contributed by atoms with Gasteiger partial charge in [-0.05, 0) is 60.1 Å². The lowest BCUT2D eigenvalue weighted by Gasteiger charge is -2.33. The van der Waals surface area contributed by atoms with E-state index in [0.717, 1.165) is 49.9 Å². The van der Waals surface area contributed by atoms with Crippen molar-refractivity contribution in [3.63, 3.8) is 0 Å². The van der Waals surface area contributed by atoms with Crippen LogP contribution < -0.4 is 0 Å². The molecule has 0 saturated heterocycles. The minimum Gasteiger partial charge on any atom is -0.294 e. The van der Waals surface area contributed by atoms with Gasteiger partial charge in [0.25, 0.3) is 0 Å². The van der Waals surface area contributed by atoms with Crippen LogP contribution in [0.5, 0.6) is 0 Å². The number of hydrogen-bond acceptors (Lipinski definition) is 2. The minimum absolute atomic E-state index is 0.0210. The van der Waals surface area contributed by atoms with Crippen molar-refractivity contribution in [2.75, 3.05) is 0 Å². The zero-order valence-corrected chi connectivity index (χ0v) is 20.8. The molecule has 5 rings (SSSR count). The number of pyridine rings is 1. The smallest absolute Gasteiger partial charge is 0.294 e. The van der Waals surface area contributed by atoms with Gasteiger partial charge in [-0.1, -0.05) is 51.0 Å². The standard InChI is InChI=1S/C30H28F5NO/c1-29(2)15-22-25(23(37)16-29)24(17-9-13-21(31)14-10-17)26(28(36-22)19-5-3-4-6-19)27(32)18-7-11-20(12-8-18)30(33,34)35/h7-14,19,27H,3-6,15-16H2,1-2H3. The lowest BCUT2D eigenvalue weighted by atomic mass is 9.72. The van der Waals surface area contributed by atoms with Gasteiger partial charge >= 0.3 is 6.18 Å². The molecule has 1 unspecified atom stereocenters. The van der Waals surface area contributed by atoms with Gasteiger partial charge in [-0.2, -0.15) is 13.2 Å². The molecule has 1 atom stereocenters. The summed E-state index contributed by atoms with van der Waals surface area (Å²) in [7, 11) is 0. The summed E-state index contributed by atoms with van der Waals surface area (Å²) in [6.07, 6.45) is -1.97. The molecule has 0 radical (unpaired) electrons. The third-order valence-corrected chi connectivity index (χ3v) is 7.56. The highest BCUT2D eigenvalue weighted by molar-refractivity contribution is 6.05. The molecule has 3 aromatic rings. The van der Waals surface area contributed by atoms with Crippen LogP contribution in [0.3, 0.4) is 0 Å². The molecule has 1 aromatic heterocycles. The van der Waals surface area contributed by atoms with E-state index >= 15 is 4.39 Å². The number of Topliss-reactive ketones (excluding diaryl/α,β-unsaturated/α-hetero) is 1. The van der Waals surface area contributed by atoms with Crippen LogP contribution in [0.1, 0.15) is 96.5 Å². The molecule has 1 heterocycles. The van der Waals surface area contributed by atoms with E-state index in [1.54, 1.807) is 0 Å². The van der Waals surface area contributed by atoms with Gasteiger partial charge < -0.3 is 0 Å². The second kappa shape index (κ2) is 9.34. The molecule has 2 aliphatic rings. The van der Waals surface area contributed by atoms with Crippen molar-refractivity contribution in [2.45, 2.75) is 70.6 Å². The highest BCUT2D eigenvalue weighted by atomic mass is 19.4. The Hall–Kier alpha value is -3.09. The van der Waals surface area contributed by atoms with E-state index in [1.807, 2.05) is 13.8 Å². The predicted molar refractivity (Wildman–Crippen MR) is 132 cm³/mol. The van der Waals surface area contributed by atoms with E-state index in [-0.39, 0.29) is 34.7 Å². The van der Waals surface area contributed by atoms with E-state index < -0.39 is 23.7 Å². The summed E-state index contributed by atoms with van der Waals surface area (Å²) < 4.78 is 69.9. The van der Waals surface area contributed by atoms with E-state index in [9.17, 15) is 22.4 Å². The topological polar surface area (TPSA) is 30.0 Å². The number of alkyl halides is 4. The number of aromatic nitrogens is 1. The van der Waals surface area contributed by atoms with Gasteiger partial charge in [-0.3, -0.25) is 9.78 Å². The van der Waals surface area contributed by atoms with Crippen LogP contribution in [0.25, 0.3) is 11.1 Å². The highest BCUT2D eigenvalue weighted by Crippen LogP contribution is 2.48. The summed E-state index contributed by atoms with van der Waals surface area (Å²) in [4.78, 5) is 18.4. The highest BCUT2D eigenvalue weighted by Gasteiger charge is 2.39. The van der Waals surface area contributed by atoms with E-state index in [4.69, 9.17) is 4.98 Å². The average molecular weight is 514 g/mol. The average Bonchev–Trinajstić information content (AvgIpc) is 3.37. The van der Waals surface area contributed by atoms with Crippen molar-refractivity contribution in [1.82, 2.24) is 4.98 Å². The maximum absolute atomic E-state index is 16.6. The van der Waals surface area contributed by atoms with Crippen molar-refractivity contribution in [2.24, 2.45) is 5.41 Å². The first-order valence-electron chi connectivity index (χ1n) is 12.6. The van der Waals surface area contributed by atoms with Gasteiger partial charge in [0.15, 0.2) is 12.0 Å². The normalized spacial score (nSPS) is 18.6. The van der Waals surface area contributed by atoms with Crippen LogP contribution in [0.15, 0.2) is 48.5 Å². The minimum atomic E-state index is -4.54. The fourth-order valence-electron chi connectivity index (χ4n) is 5.83. The molecule has 2 aliphatic carbocycles. The van der Waals surface area contributed by atoms with E-state index in [1.165, 1.54) is 24.3 Å². The predicted octanol–water partition coefficient (Wildman–Crippen LogP) is 8.78. The fourth-order valence-corrected chi connectivity index (χ4v) is 5.83. The number of carbonyl (C=O) groups excluding carboxylic acids is 1. The number of nitrogens with zero attached hydrogens (tertiary/aromatic N) is 1. The molecule has 7 heteroatoms. The molecule has 0 aliphatic heterocycles. The number of ketones is 1. The van der Waals surface area contributed by atoms with Crippen LogP contribution >= 0.6 is 0 Å². The molecule has 194 valence electrons. The maximum atomic E-state index is 16.6. The molecule has 1 saturated carbocycles. The van der Waals surface area contributed by atoms with E-state index in [2.05, 4.69) is 0 Å². The van der Waals surface area contributed by atoms with Crippen LogP contribution in [0.4, 0.5) is 22.0 Å². The molecule has 0 N–H and O–H groups in total. The molecule has 0 amide bonds. The Bertz CT molecular complexity index is 1320. The number of halogens is 5. The molecular weight excluding hydrogens is 485 g/mol. The second-order valence-corrected chi connectivity index (χ2v) is 11.0. The number of carbonyl (C=O) groups is 1. The third kappa shape index (κ3) is 4.92. The number of benzene rings is 2. The first kappa shape index (κ1) is 25.6. The Morgan fingerprint density at radius 3 is 2.14 bits per heavy atom. The molecule has 0 bridgehead atoms. The SMILES string of the molecule is CC1(C)CC(=O)c2c(nc(C3CCCC3)c(C(F)c3ccc(C(F)(F)F)cc3)c2-c2ccc(F)cc2)C1. The van der Waals surface area contributed by atoms with Crippen molar-refractivity contribution in [3.8, 4) is 11.1 Å². The van der Waals surface area contributed by atoms with E-state index in [0.29, 0.717) is 34.5 Å². The Morgan fingerprint density at radius 1 is 0.919 bits per heavy atom. The van der Waals surface area contributed by atoms with Gasteiger partial charge in [0.2, 0.25) is 0 Å². The zero-order chi connectivity index (χ0) is 26.5. The first-order chi connectivity index (χ1) is 17.4. The van der Waals surface area contributed by atoms with Crippen molar-refractivity contribution in [3.05, 3.63) is 88.0 Å². The molecule has 2 nitrogen and oxygen atoms in total. The molecule has 1 fully saturated rings. The fraction of sp³-hybridized carbons (Fsp3) is 0.400. The lowest BCUT2D eigenvalue weighted by Crippen LogP contribution is -2.30. The first-order valence-corrected chi connectivity index (χ1v) is 12.6. The largest absolute Gasteiger partial charge is 0.416 e. The van der Waals surface area contributed by atoms with Crippen LogP contribution in [-0.4, -0.2) is 10.8 Å². The van der Waals surface area contributed by atoms with Crippen LogP contribution in [-0.2, 0) is 12.6 Å². The molecule has 37 heavy (non-hydrogen) atoms. The van der Waals surface area contributed by atoms with Crippen LogP contribution in [0, 0.1) is 11.2 Å². The molecule has 2 aromatic carbocycles. The van der Waals surface area contributed by atoms with Crippen molar-refractivity contribution < 1.29 is 26.7 Å². The van der Waals surface area contributed by atoms with Gasteiger partial charge in [0.1, 0.15) is 5.82 Å². The van der Waals surface area contributed by atoms with Crippen LogP contribution in [0.2, 0.25) is 0 Å². The summed E-state index contributed by atoms with van der Waals surface area (Å²) in [6.45, 7) is 3.99. The van der Waals surface area contributed by atoms with Crippen molar-refractivity contribution in [1.29, 1.82) is 0 Å². The molecular formula is C30H28F5NO. The number of fused-ring (bicyclic) bond motifs is 1. The Labute approximate surface area is 212 Å². The summed E-state index contributed by atoms with van der Waals surface area (Å²) in [6, 6.07) is 9.62. The van der Waals surface area contributed by atoms with Crippen molar-refractivity contribution >= 4 is 5.78 Å². The van der Waals surface area contributed by atoms with Gasteiger partial charge in [0, 0.05) is 29.0 Å².